The Labute approximate surface area is 243 Å². The Morgan fingerprint density at radius 1 is 1.07 bits per heavy atom. The van der Waals surface area contributed by atoms with E-state index in [1.54, 1.807) is 12.1 Å². The first-order chi connectivity index (χ1) is 19.3. The molecule has 41 heavy (non-hydrogen) atoms. The van der Waals surface area contributed by atoms with Gasteiger partial charge in [-0.25, -0.2) is 22.0 Å². The number of anilines is 1. The molecule has 2 saturated heterocycles. The van der Waals surface area contributed by atoms with Crippen LogP contribution in [0.4, 0.5) is 19.3 Å². The minimum absolute atomic E-state index is 0.0908. The third kappa shape index (κ3) is 6.70. The molecule has 10 nitrogen and oxygen atoms in total. The second-order valence-electron chi connectivity index (χ2n) is 11.7. The van der Waals surface area contributed by atoms with E-state index in [1.165, 1.54) is 12.8 Å². The molecule has 1 aromatic rings. The van der Waals surface area contributed by atoms with Crippen molar-refractivity contribution in [3.8, 4) is 6.07 Å². The lowest BCUT2D eigenvalue weighted by atomic mass is 10.0. The van der Waals surface area contributed by atoms with Gasteiger partial charge < -0.3 is 20.2 Å². The number of rotatable bonds is 6. The molecule has 1 aromatic carbocycles. The van der Waals surface area contributed by atoms with Gasteiger partial charge in [0, 0.05) is 43.8 Å². The van der Waals surface area contributed by atoms with Crippen LogP contribution >= 0.6 is 11.6 Å². The van der Waals surface area contributed by atoms with Crippen molar-refractivity contribution in [2.45, 2.75) is 72.6 Å². The maximum atomic E-state index is 13.2. The first kappa shape index (κ1) is 29.8. The number of sulfone groups is 1. The molecule has 2 N–H and O–H groups in total. The smallest absolute Gasteiger partial charge is 0.405 e. The molecule has 5 aliphatic rings. The van der Waals surface area contributed by atoms with Gasteiger partial charge in [-0.2, -0.15) is 5.26 Å². The van der Waals surface area contributed by atoms with Gasteiger partial charge in [0.1, 0.15) is 5.54 Å². The lowest BCUT2D eigenvalue weighted by Crippen LogP contribution is -2.59. The molecule has 0 aromatic heterocycles. The van der Waals surface area contributed by atoms with Crippen LogP contribution in [0.25, 0.3) is 0 Å². The lowest BCUT2D eigenvalue weighted by Gasteiger charge is -2.40. The number of nitrogens with zero attached hydrogens (tertiary/aromatic N) is 4. The number of benzene rings is 1. The second-order valence-corrected chi connectivity index (χ2v) is 14.3. The second kappa shape index (κ2) is 11.2. The van der Waals surface area contributed by atoms with Gasteiger partial charge in [0.25, 0.3) is 5.92 Å². The SMILES string of the molecule is N#CC1(NC(=O)O)CC1.O=C([C@@H]1CC[C@@H](S(=O)(=O)c2ccc(N3CCN(C4CC4)CC3)cc2Cl)C1)N1CC(F)(F)C1. The number of carboxylic acid groups (broad SMARTS) is 1. The number of piperazine rings is 1. The third-order valence-electron chi connectivity index (χ3n) is 8.60. The highest BCUT2D eigenvalue weighted by Gasteiger charge is 2.49. The fourth-order valence-corrected chi connectivity index (χ4v) is 8.23. The highest BCUT2D eigenvalue weighted by Crippen LogP contribution is 2.40. The average molecular weight is 614 g/mol. The highest BCUT2D eigenvalue weighted by molar-refractivity contribution is 7.92. The van der Waals surface area contributed by atoms with Crippen LogP contribution in [-0.2, 0) is 14.6 Å². The van der Waals surface area contributed by atoms with Crippen molar-refractivity contribution < 1.29 is 31.9 Å². The number of carbonyl (C=O) groups is 2. The van der Waals surface area contributed by atoms with Crippen molar-refractivity contribution >= 4 is 39.1 Å². The van der Waals surface area contributed by atoms with Crippen molar-refractivity contribution in [3.63, 3.8) is 0 Å². The average Bonchev–Trinajstić information content (AvgIpc) is 3.85. The zero-order valence-corrected chi connectivity index (χ0v) is 24.1. The summed E-state index contributed by atoms with van der Waals surface area (Å²) in [4.78, 5) is 28.4. The van der Waals surface area contributed by atoms with Crippen LogP contribution in [0.15, 0.2) is 23.1 Å². The number of alkyl halides is 2. The maximum absolute atomic E-state index is 13.2. The van der Waals surface area contributed by atoms with Crippen molar-refractivity contribution in [2.75, 3.05) is 44.2 Å². The monoisotopic (exact) mass is 613 g/mol. The van der Waals surface area contributed by atoms with E-state index in [2.05, 4.69) is 15.1 Å². The van der Waals surface area contributed by atoms with Crippen LogP contribution in [-0.4, -0.2) is 97.3 Å². The molecule has 5 fully saturated rings. The summed E-state index contributed by atoms with van der Waals surface area (Å²) in [5, 5.41) is 18.1. The molecular weight excluding hydrogens is 580 g/mol. The number of nitriles is 1. The fraction of sp³-hybridized carbons (Fsp3) is 0.667. The van der Waals surface area contributed by atoms with Crippen LogP contribution in [0.3, 0.4) is 0 Å². The summed E-state index contributed by atoms with van der Waals surface area (Å²) in [6.07, 6.45) is 3.65. The Bertz CT molecular complexity index is 1330. The van der Waals surface area contributed by atoms with E-state index in [-0.39, 0.29) is 22.2 Å². The minimum Gasteiger partial charge on any atom is -0.465 e. The fourth-order valence-electron chi connectivity index (χ4n) is 5.85. The summed E-state index contributed by atoms with van der Waals surface area (Å²) in [6, 6.07) is 7.74. The van der Waals surface area contributed by atoms with E-state index < -0.39 is 51.6 Å². The summed E-state index contributed by atoms with van der Waals surface area (Å²) in [6.45, 7) is 2.65. The zero-order valence-electron chi connectivity index (χ0n) is 22.6. The van der Waals surface area contributed by atoms with Crippen molar-refractivity contribution in [1.29, 1.82) is 5.26 Å². The number of hydrogen-bond donors (Lipinski definition) is 2. The van der Waals surface area contributed by atoms with Gasteiger partial charge in [0.15, 0.2) is 9.84 Å². The van der Waals surface area contributed by atoms with Crippen molar-refractivity contribution in [2.24, 2.45) is 5.92 Å². The van der Waals surface area contributed by atoms with Crippen molar-refractivity contribution in [1.82, 2.24) is 15.1 Å². The summed E-state index contributed by atoms with van der Waals surface area (Å²) in [5.41, 5.74) is 0.189. The third-order valence-corrected chi connectivity index (χ3v) is 11.3. The molecule has 6 rings (SSSR count). The van der Waals surface area contributed by atoms with Gasteiger partial charge in [0.2, 0.25) is 5.91 Å². The van der Waals surface area contributed by atoms with E-state index in [0.29, 0.717) is 25.7 Å². The molecule has 0 unspecified atom stereocenters. The van der Waals surface area contributed by atoms with Crippen LogP contribution in [0.2, 0.25) is 5.02 Å². The molecule has 2 aliphatic heterocycles. The molecule has 2 atom stereocenters. The molecule has 14 heteroatoms. The van der Waals surface area contributed by atoms with Gasteiger partial charge in [-0.05, 0) is 63.1 Å². The molecule has 2 heterocycles. The van der Waals surface area contributed by atoms with Crippen LogP contribution < -0.4 is 10.2 Å². The number of halogens is 3. The number of carbonyl (C=O) groups excluding carboxylic acids is 1. The molecule has 2 amide bonds. The molecular formula is C27H34ClF2N5O5S. The molecule has 3 saturated carbocycles. The molecule has 3 aliphatic carbocycles. The maximum Gasteiger partial charge on any atom is 0.405 e. The summed E-state index contributed by atoms with van der Waals surface area (Å²) in [5.74, 6) is -3.70. The number of nitrogens with one attached hydrogen (secondary N) is 1. The van der Waals surface area contributed by atoms with Gasteiger partial charge in [-0.1, -0.05) is 11.6 Å². The standard InChI is InChI=1S/C22H28ClF2N3O3S.C5H6N2O2/c23-19-12-17(27-9-7-26(8-10-27)16-2-3-16)4-6-20(19)32(30,31)18-5-1-15(11-18)21(29)28-13-22(24,25)14-28;6-3-5(1-2-5)7-4(8)9/h4,6,12,15-16,18H,1-3,5,7-11,13-14H2;7H,1-2H2,(H,8,9)/t15-,18-;/m1./s1. The van der Waals surface area contributed by atoms with Crippen molar-refractivity contribution in [3.05, 3.63) is 23.2 Å². The van der Waals surface area contributed by atoms with Gasteiger partial charge in [-0.15, -0.1) is 0 Å². The van der Waals surface area contributed by atoms with Gasteiger partial charge >= 0.3 is 6.09 Å². The summed E-state index contributed by atoms with van der Waals surface area (Å²) in [7, 11) is -3.71. The van der Waals surface area contributed by atoms with E-state index in [9.17, 15) is 26.8 Å². The first-order valence-electron chi connectivity index (χ1n) is 13.9. The van der Waals surface area contributed by atoms with E-state index >= 15 is 0 Å². The number of likely N-dealkylation sites (tertiary alicyclic amines) is 1. The Kier molecular flexibility index (Phi) is 8.13. The zero-order chi connectivity index (χ0) is 29.6. The van der Waals surface area contributed by atoms with E-state index in [4.69, 9.17) is 22.0 Å². The normalized spacial score (nSPS) is 26.7. The number of hydrogen-bond acceptors (Lipinski definition) is 7. The summed E-state index contributed by atoms with van der Waals surface area (Å²) >= 11 is 6.44. The minimum atomic E-state index is -3.71. The highest BCUT2D eigenvalue weighted by atomic mass is 35.5. The largest absolute Gasteiger partial charge is 0.465 e. The predicted molar refractivity (Wildman–Crippen MR) is 147 cm³/mol. The topological polar surface area (TPSA) is 134 Å². The number of amides is 2. The Hall–Kier alpha value is -2.69. The van der Waals surface area contributed by atoms with E-state index in [1.807, 2.05) is 12.1 Å². The molecule has 0 radical (unpaired) electrons. The summed E-state index contributed by atoms with van der Waals surface area (Å²) < 4.78 is 52.6. The Morgan fingerprint density at radius 3 is 2.22 bits per heavy atom. The van der Waals surface area contributed by atoms with Gasteiger partial charge in [-0.3, -0.25) is 9.69 Å². The molecule has 0 bridgehead atoms. The van der Waals surface area contributed by atoms with E-state index in [0.717, 1.165) is 42.8 Å². The lowest BCUT2D eigenvalue weighted by molar-refractivity contribution is -0.169. The molecule has 224 valence electrons. The Balaban J connectivity index is 0.000000321. The Morgan fingerprint density at radius 2 is 1.73 bits per heavy atom. The molecule has 0 spiro atoms. The first-order valence-corrected chi connectivity index (χ1v) is 15.9. The quantitative estimate of drug-likeness (QED) is 0.499. The van der Waals surface area contributed by atoms with Crippen LogP contribution in [0, 0.1) is 17.2 Å². The van der Waals surface area contributed by atoms with Crippen LogP contribution in [0.1, 0.15) is 44.9 Å². The predicted octanol–water partition coefficient (Wildman–Crippen LogP) is 3.35. The van der Waals surface area contributed by atoms with Crippen LogP contribution in [0.5, 0.6) is 0 Å². The van der Waals surface area contributed by atoms with Gasteiger partial charge in [0.05, 0.1) is 34.3 Å².